The van der Waals surface area contributed by atoms with Crippen LogP contribution in [0.1, 0.15) is 22.5 Å². The van der Waals surface area contributed by atoms with Gasteiger partial charge in [-0.3, -0.25) is 4.79 Å². The predicted octanol–water partition coefficient (Wildman–Crippen LogP) is 6.10. The summed E-state index contributed by atoms with van der Waals surface area (Å²) in [6, 6.07) is 26.1. The summed E-state index contributed by atoms with van der Waals surface area (Å²) in [7, 11) is 0. The number of aromatic nitrogens is 1. The van der Waals surface area contributed by atoms with Crippen LogP contribution >= 0.6 is 0 Å². The topological polar surface area (TPSA) is 57.8 Å². The van der Waals surface area contributed by atoms with Gasteiger partial charge in [0, 0.05) is 22.5 Å². The Morgan fingerprint density at radius 1 is 0.968 bits per heavy atom. The van der Waals surface area contributed by atoms with Crippen molar-refractivity contribution in [2.75, 3.05) is 5.32 Å². The smallest absolute Gasteiger partial charge is 0.266 e. The Morgan fingerprint density at radius 3 is 2.45 bits per heavy atom. The van der Waals surface area contributed by atoms with Crippen molar-refractivity contribution in [1.82, 2.24) is 4.57 Å². The summed E-state index contributed by atoms with van der Waals surface area (Å²) < 4.78 is 2.17. The van der Waals surface area contributed by atoms with E-state index in [1.165, 1.54) is 5.39 Å². The van der Waals surface area contributed by atoms with E-state index < -0.39 is 5.91 Å². The summed E-state index contributed by atoms with van der Waals surface area (Å²) in [6.45, 7) is 5.96. The number of carbonyl (C=O) groups is 1. The fraction of sp³-hybridized carbons (Fsp3) is 0.111. The van der Waals surface area contributed by atoms with E-state index in [1.54, 1.807) is 6.08 Å². The first kappa shape index (κ1) is 20.2. The molecule has 4 nitrogen and oxygen atoms in total. The minimum Gasteiger partial charge on any atom is -0.321 e. The average Bonchev–Trinajstić information content (AvgIpc) is 3.05. The van der Waals surface area contributed by atoms with Crippen LogP contribution in [-0.4, -0.2) is 10.5 Å². The lowest BCUT2D eigenvalue weighted by Gasteiger charge is -2.13. The van der Waals surface area contributed by atoms with Gasteiger partial charge >= 0.3 is 0 Å². The van der Waals surface area contributed by atoms with Gasteiger partial charge in [0.05, 0.1) is 5.69 Å². The highest BCUT2D eigenvalue weighted by molar-refractivity contribution is 6.10. The number of hydrogen-bond donors (Lipinski definition) is 1. The molecule has 0 aliphatic rings. The van der Waals surface area contributed by atoms with Gasteiger partial charge in [0.1, 0.15) is 11.6 Å². The van der Waals surface area contributed by atoms with Crippen molar-refractivity contribution in [2.24, 2.45) is 0 Å². The van der Waals surface area contributed by atoms with Crippen molar-refractivity contribution >= 4 is 28.4 Å². The first-order valence-electron chi connectivity index (χ1n) is 10.2. The molecule has 0 saturated carbocycles. The Balaban J connectivity index is 1.74. The SMILES string of the molecule is Cc1ccccc1NC(=O)/C(C#N)=C\c1cc(C)n(-c2cccc3ccccc23)c1C. The summed E-state index contributed by atoms with van der Waals surface area (Å²) in [5.41, 5.74) is 5.66. The summed E-state index contributed by atoms with van der Waals surface area (Å²) in [4.78, 5) is 12.7. The number of nitriles is 1. The normalized spacial score (nSPS) is 11.4. The van der Waals surface area contributed by atoms with Gasteiger partial charge in [-0.15, -0.1) is 0 Å². The fourth-order valence-electron chi connectivity index (χ4n) is 3.91. The highest BCUT2D eigenvalue weighted by Gasteiger charge is 2.15. The third kappa shape index (κ3) is 3.86. The molecule has 1 amide bonds. The molecule has 152 valence electrons. The van der Waals surface area contributed by atoms with Crippen molar-refractivity contribution in [3.8, 4) is 11.8 Å². The number of aryl methyl sites for hydroxylation is 2. The number of hydrogen-bond acceptors (Lipinski definition) is 2. The summed E-state index contributed by atoms with van der Waals surface area (Å²) in [5, 5.41) is 14.8. The van der Waals surface area contributed by atoms with Crippen LogP contribution in [0.2, 0.25) is 0 Å². The quantitative estimate of drug-likeness (QED) is 0.329. The van der Waals surface area contributed by atoms with E-state index in [2.05, 4.69) is 40.2 Å². The maximum atomic E-state index is 12.7. The summed E-state index contributed by atoms with van der Waals surface area (Å²) in [5.74, 6) is -0.410. The minimum atomic E-state index is -0.410. The van der Waals surface area contributed by atoms with Crippen LogP contribution in [0.3, 0.4) is 0 Å². The van der Waals surface area contributed by atoms with E-state index in [0.717, 1.165) is 33.6 Å². The van der Waals surface area contributed by atoms with Crippen molar-refractivity contribution in [2.45, 2.75) is 20.8 Å². The van der Waals surface area contributed by atoms with Gasteiger partial charge in [0.2, 0.25) is 0 Å². The largest absolute Gasteiger partial charge is 0.321 e. The van der Waals surface area contributed by atoms with Crippen LogP contribution in [0.15, 0.2) is 78.4 Å². The van der Waals surface area contributed by atoms with Crippen LogP contribution in [0.25, 0.3) is 22.5 Å². The predicted molar refractivity (Wildman–Crippen MR) is 126 cm³/mol. The number of amides is 1. The first-order valence-corrected chi connectivity index (χ1v) is 10.2. The molecule has 0 aliphatic carbocycles. The van der Waals surface area contributed by atoms with Gasteiger partial charge in [-0.25, -0.2) is 0 Å². The van der Waals surface area contributed by atoms with E-state index in [9.17, 15) is 10.1 Å². The van der Waals surface area contributed by atoms with Gasteiger partial charge in [-0.1, -0.05) is 54.6 Å². The Bertz CT molecular complexity index is 1360. The van der Waals surface area contributed by atoms with E-state index in [-0.39, 0.29) is 5.57 Å². The Kier molecular flexibility index (Phi) is 5.43. The van der Waals surface area contributed by atoms with E-state index in [0.29, 0.717) is 5.69 Å². The lowest BCUT2D eigenvalue weighted by molar-refractivity contribution is -0.112. The second-order valence-electron chi connectivity index (χ2n) is 7.60. The van der Waals surface area contributed by atoms with E-state index >= 15 is 0 Å². The molecule has 4 heteroatoms. The van der Waals surface area contributed by atoms with Crippen molar-refractivity contribution < 1.29 is 4.79 Å². The standard InChI is InChI=1S/C27H23N3O/c1-18-9-4-7-13-25(18)29-27(31)23(17-28)16-22-15-19(2)30(20(22)3)26-14-8-11-21-10-5-6-12-24(21)26/h4-16H,1-3H3,(H,29,31)/b23-16-. The number of para-hydroxylation sites is 1. The molecule has 0 aliphatic heterocycles. The van der Waals surface area contributed by atoms with Crippen molar-refractivity contribution in [1.29, 1.82) is 5.26 Å². The Hall–Kier alpha value is -4.10. The lowest BCUT2D eigenvalue weighted by atomic mass is 10.1. The van der Waals surface area contributed by atoms with Gasteiger partial charge in [0.15, 0.2) is 0 Å². The van der Waals surface area contributed by atoms with Gasteiger partial charge in [0.25, 0.3) is 5.91 Å². The zero-order chi connectivity index (χ0) is 22.0. The molecular weight excluding hydrogens is 382 g/mol. The Labute approximate surface area is 182 Å². The molecule has 0 fully saturated rings. The summed E-state index contributed by atoms with van der Waals surface area (Å²) in [6.07, 6.45) is 1.66. The van der Waals surface area contributed by atoms with Crippen LogP contribution in [0.5, 0.6) is 0 Å². The third-order valence-electron chi connectivity index (χ3n) is 5.54. The van der Waals surface area contributed by atoms with Crippen LogP contribution in [-0.2, 0) is 4.79 Å². The minimum absolute atomic E-state index is 0.0708. The van der Waals surface area contributed by atoms with E-state index in [1.807, 2.05) is 69.3 Å². The van der Waals surface area contributed by atoms with Gasteiger partial charge in [-0.2, -0.15) is 5.26 Å². The maximum Gasteiger partial charge on any atom is 0.266 e. The highest BCUT2D eigenvalue weighted by Crippen LogP contribution is 2.28. The molecule has 4 aromatic rings. The second-order valence-corrected chi connectivity index (χ2v) is 7.60. The number of fused-ring (bicyclic) bond motifs is 1. The molecular formula is C27H23N3O. The third-order valence-corrected chi connectivity index (χ3v) is 5.54. The van der Waals surface area contributed by atoms with Gasteiger partial charge in [-0.05, 0) is 61.6 Å². The molecule has 1 aromatic heterocycles. The highest BCUT2D eigenvalue weighted by atomic mass is 16.1. The summed E-state index contributed by atoms with van der Waals surface area (Å²) >= 11 is 0. The van der Waals surface area contributed by atoms with Crippen LogP contribution in [0.4, 0.5) is 5.69 Å². The number of nitrogens with one attached hydrogen (secondary N) is 1. The zero-order valence-corrected chi connectivity index (χ0v) is 17.8. The van der Waals surface area contributed by atoms with Gasteiger partial charge < -0.3 is 9.88 Å². The number of benzene rings is 3. The molecule has 0 saturated heterocycles. The van der Waals surface area contributed by atoms with Crippen LogP contribution in [0, 0.1) is 32.1 Å². The molecule has 0 atom stereocenters. The van der Waals surface area contributed by atoms with Crippen LogP contribution < -0.4 is 5.32 Å². The molecule has 0 spiro atoms. The monoisotopic (exact) mass is 405 g/mol. The molecule has 31 heavy (non-hydrogen) atoms. The average molecular weight is 406 g/mol. The maximum absolute atomic E-state index is 12.7. The van der Waals surface area contributed by atoms with Crippen molar-refractivity contribution in [3.05, 3.63) is 101 Å². The molecule has 1 heterocycles. The van der Waals surface area contributed by atoms with E-state index in [4.69, 9.17) is 0 Å². The Morgan fingerprint density at radius 2 is 1.68 bits per heavy atom. The molecule has 1 N–H and O–H groups in total. The first-order chi connectivity index (χ1) is 15.0. The van der Waals surface area contributed by atoms with Crippen molar-refractivity contribution in [3.63, 3.8) is 0 Å². The molecule has 0 unspecified atom stereocenters. The molecule has 0 radical (unpaired) electrons. The number of nitrogens with zero attached hydrogens (tertiary/aromatic N) is 2. The fourth-order valence-corrected chi connectivity index (χ4v) is 3.91. The number of carbonyl (C=O) groups excluding carboxylic acids is 1. The second kappa shape index (κ2) is 8.33. The zero-order valence-electron chi connectivity index (χ0n) is 17.8. The molecule has 3 aromatic carbocycles. The molecule has 0 bridgehead atoms. The lowest BCUT2D eigenvalue weighted by Crippen LogP contribution is -2.14. The number of anilines is 1. The number of rotatable bonds is 4. The molecule has 4 rings (SSSR count).